The van der Waals surface area contributed by atoms with Crippen LogP contribution in [0, 0.1) is 0 Å². The first kappa shape index (κ1) is 20.9. The lowest BCUT2D eigenvalue weighted by atomic mass is 9.97. The fraction of sp³-hybridized carbons (Fsp3) is 0.524. The van der Waals surface area contributed by atoms with Gasteiger partial charge in [0.15, 0.2) is 11.0 Å². The molecular formula is C21H28N6O2S. The zero-order valence-electron chi connectivity index (χ0n) is 18.0. The van der Waals surface area contributed by atoms with Crippen LogP contribution in [-0.2, 0) is 22.3 Å². The predicted octanol–water partition coefficient (Wildman–Crippen LogP) is 3.64. The number of aryl methyl sites for hydroxylation is 1. The Morgan fingerprint density at radius 2 is 1.93 bits per heavy atom. The second kappa shape index (κ2) is 8.77. The Balaban J connectivity index is 1.63. The molecule has 1 aliphatic heterocycles. The van der Waals surface area contributed by atoms with Crippen molar-refractivity contribution in [2.75, 3.05) is 31.2 Å². The van der Waals surface area contributed by atoms with Gasteiger partial charge in [-0.3, -0.25) is 4.57 Å². The number of hydrogen-bond acceptors (Lipinski definition) is 8. The topological polar surface area (TPSA) is 82.1 Å². The molecule has 0 unspecified atom stereocenters. The summed E-state index contributed by atoms with van der Waals surface area (Å²) in [7, 11) is 0. The summed E-state index contributed by atoms with van der Waals surface area (Å²) in [5.41, 5.74) is 2.17. The fourth-order valence-electron chi connectivity index (χ4n) is 3.21. The van der Waals surface area contributed by atoms with Crippen LogP contribution in [-0.4, -0.2) is 51.2 Å². The first-order valence-electron chi connectivity index (χ1n) is 10.3. The van der Waals surface area contributed by atoms with E-state index in [-0.39, 0.29) is 5.41 Å². The Hall–Kier alpha value is -2.39. The van der Waals surface area contributed by atoms with Gasteiger partial charge in [0.1, 0.15) is 0 Å². The average molecular weight is 429 g/mol. The highest BCUT2D eigenvalue weighted by Crippen LogP contribution is 2.30. The molecule has 0 amide bonds. The van der Waals surface area contributed by atoms with Crippen molar-refractivity contribution in [2.24, 2.45) is 0 Å². The van der Waals surface area contributed by atoms with E-state index in [4.69, 9.17) is 9.26 Å². The number of ether oxygens (including phenoxy) is 1. The van der Waals surface area contributed by atoms with Crippen molar-refractivity contribution >= 4 is 17.7 Å². The van der Waals surface area contributed by atoms with Gasteiger partial charge < -0.3 is 14.2 Å². The SMILES string of the molecule is CCc1cccc(-n2c(SCc3noc(C(C)(C)C)n3)nnc2N2CCOCC2)c1. The summed E-state index contributed by atoms with van der Waals surface area (Å²) < 4.78 is 13.1. The van der Waals surface area contributed by atoms with Crippen LogP contribution in [0.3, 0.4) is 0 Å². The maximum absolute atomic E-state index is 5.51. The second-order valence-electron chi connectivity index (χ2n) is 8.30. The van der Waals surface area contributed by atoms with Crippen molar-refractivity contribution < 1.29 is 9.26 Å². The normalized spacial score (nSPS) is 15.0. The summed E-state index contributed by atoms with van der Waals surface area (Å²) in [6, 6.07) is 8.52. The molecule has 30 heavy (non-hydrogen) atoms. The lowest BCUT2D eigenvalue weighted by Crippen LogP contribution is -2.37. The third-order valence-electron chi connectivity index (χ3n) is 4.93. The van der Waals surface area contributed by atoms with E-state index in [0.29, 0.717) is 30.7 Å². The minimum Gasteiger partial charge on any atom is -0.378 e. The highest BCUT2D eigenvalue weighted by molar-refractivity contribution is 7.98. The summed E-state index contributed by atoms with van der Waals surface area (Å²) in [4.78, 5) is 6.77. The van der Waals surface area contributed by atoms with E-state index >= 15 is 0 Å². The van der Waals surface area contributed by atoms with E-state index in [9.17, 15) is 0 Å². The molecule has 4 rings (SSSR count). The van der Waals surface area contributed by atoms with Gasteiger partial charge in [-0.25, -0.2) is 0 Å². The molecule has 1 aliphatic rings. The number of morpholine rings is 1. The van der Waals surface area contributed by atoms with Gasteiger partial charge >= 0.3 is 0 Å². The quantitative estimate of drug-likeness (QED) is 0.551. The molecule has 1 fully saturated rings. The van der Waals surface area contributed by atoms with Crippen molar-refractivity contribution in [1.29, 1.82) is 0 Å². The molecule has 9 heteroatoms. The standard InChI is InChI=1S/C21H28N6O2S/c1-5-15-7-6-8-16(13-15)27-19(26-9-11-28-12-10-26)23-24-20(27)30-14-17-22-18(29-25-17)21(2,3)4/h6-8,13H,5,9-12,14H2,1-4H3. The highest BCUT2D eigenvalue weighted by atomic mass is 32.2. The van der Waals surface area contributed by atoms with Crippen molar-refractivity contribution in [3.05, 3.63) is 41.5 Å². The van der Waals surface area contributed by atoms with Crippen molar-refractivity contribution in [3.63, 3.8) is 0 Å². The number of anilines is 1. The molecular weight excluding hydrogens is 400 g/mol. The van der Waals surface area contributed by atoms with Crippen molar-refractivity contribution in [1.82, 2.24) is 24.9 Å². The van der Waals surface area contributed by atoms with Gasteiger partial charge in [0.2, 0.25) is 11.8 Å². The maximum Gasteiger partial charge on any atom is 0.232 e. The first-order valence-corrected chi connectivity index (χ1v) is 11.3. The lowest BCUT2D eigenvalue weighted by molar-refractivity contribution is 0.122. The first-order chi connectivity index (χ1) is 14.5. The molecule has 0 saturated carbocycles. The summed E-state index contributed by atoms with van der Waals surface area (Å²) in [6.07, 6.45) is 0.976. The molecule has 0 radical (unpaired) electrons. The number of hydrogen-bond donors (Lipinski definition) is 0. The molecule has 0 bridgehead atoms. The zero-order chi connectivity index (χ0) is 21.1. The molecule has 1 aromatic carbocycles. The van der Waals surface area contributed by atoms with Gasteiger partial charge in [0, 0.05) is 18.5 Å². The van der Waals surface area contributed by atoms with Gasteiger partial charge in [0.25, 0.3) is 0 Å². The fourth-order valence-corrected chi connectivity index (χ4v) is 4.00. The van der Waals surface area contributed by atoms with E-state index in [0.717, 1.165) is 36.3 Å². The van der Waals surface area contributed by atoms with E-state index in [2.05, 4.69) is 81.8 Å². The molecule has 3 heterocycles. The third-order valence-corrected chi connectivity index (χ3v) is 5.85. The largest absolute Gasteiger partial charge is 0.378 e. The summed E-state index contributed by atoms with van der Waals surface area (Å²) in [6.45, 7) is 11.3. The van der Waals surface area contributed by atoms with Crippen molar-refractivity contribution in [3.8, 4) is 5.69 Å². The van der Waals surface area contributed by atoms with Crippen LogP contribution in [0.5, 0.6) is 0 Å². The van der Waals surface area contributed by atoms with Crippen LogP contribution in [0.4, 0.5) is 5.95 Å². The molecule has 2 aromatic heterocycles. The van der Waals surface area contributed by atoms with Gasteiger partial charge in [0.05, 0.1) is 24.7 Å². The molecule has 0 atom stereocenters. The lowest BCUT2D eigenvalue weighted by Gasteiger charge is -2.28. The molecule has 8 nitrogen and oxygen atoms in total. The Labute approximate surface area is 181 Å². The average Bonchev–Trinajstić information content (AvgIpc) is 3.40. The number of aromatic nitrogens is 5. The van der Waals surface area contributed by atoms with Crippen LogP contribution in [0.1, 0.15) is 45.0 Å². The number of nitrogens with zero attached hydrogens (tertiary/aromatic N) is 6. The molecule has 0 aliphatic carbocycles. The minimum absolute atomic E-state index is 0.167. The van der Waals surface area contributed by atoms with Crippen LogP contribution in [0.25, 0.3) is 5.69 Å². The molecule has 1 saturated heterocycles. The van der Waals surface area contributed by atoms with E-state index in [1.54, 1.807) is 11.8 Å². The van der Waals surface area contributed by atoms with Gasteiger partial charge in [-0.1, -0.05) is 56.7 Å². The smallest absolute Gasteiger partial charge is 0.232 e. The maximum atomic E-state index is 5.51. The molecule has 160 valence electrons. The van der Waals surface area contributed by atoms with Gasteiger partial charge in [-0.15, -0.1) is 10.2 Å². The zero-order valence-corrected chi connectivity index (χ0v) is 18.8. The van der Waals surface area contributed by atoms with Crippen LogP contribution in [0.15, 0.2) is 33.9 Å². The summed E-state index contributed by atoms with van der Waals surface area (Å²) in [5.74, 6) is 2.71. The molecule has 0 N–H and O–H groups in total. The Bertz CT molecular complexity index is 988. The van der Waals surface area contributed by atoms with Crippen LogP contribution >= 0.6 is 11.8 Å². The number of rotatable bonds is 6. The monoisotopic (exact) mass is 428 g/mol. The molecule has 0 spiro atoms. The van der Waals surface area contributed by atoms with E-state index in [1.165, 1.54) is 5.56 Å². The predicted molar refractivity (Wildman–Crippen MR) is 116 cm³/mol. The van der Waals surface area contributed by atoms with Crippen LogP contribution < -0.4 is 4.90 Å². The summed E-state index contributed by atoms with van der Waals surface area (Å²) in [5, 5.41) is 14.0. The summed E-state index contributed by atoms with van der Waals surface area (Å²) >= 11 is 1.56. The number of thioether (sulfide) groups is 1. The second-order valence-corrected chi connectivity index (χ2v) is 9.24. The van der Waals surface area contributed by atoms with E-state index < -0.39 is 0 Å². The molecule has 3 aromatic rings. The van der Waals surface area contributed by atoms with Gasteiger partial charge in [-0.05, 0) is 24.1 Å². The number of benzene rings is 1. The third kappa shape index (κ3) is 4.52. The van der Waals surface area contributed by atoms with E-state index in [1.807, 2.05) is 0 Å². The Morgan fingerprint density at radius 3 is 2.63 bits per heavy atom. The Morgan fingerprint density at radius 1 is 1.13 bits per heavy atom. The van der Waals surface area contributed by atoms with Crippen molar-refractivity contribution in [2.45, 2.75) is 50.4 Å². The van der Waals surface area contributed by atoms with Gasteiger partial charge in [-0.2, -0.15) is 4.98 Å². The minimum atomic E-state index is -0.167. The highest BCUT2D eigenvalue weighted by Gasteiger charge is 2.24. The van der Waals surface area contributed by atoms with Crippen LogP contribution in [0.2, 0.25) is 0 Å². The Kier molecular flexibility index (Phi) is 6.10.